The first kappa shape index (κ1) is 26.9. The third-order valence-electron chi connectivity index (χ3n) is 4.76. The normalized spacial score (nSPS) is 27.6. The molecule has 0 spiro atoms. The minimum atomic E-state index is -1.80. The van der Waals surface area contributed by atoms with Gasteiger partial charge >= 0.3 is 11.9 Å². The first-order chi connectivity index (χ1) is 12.6. The zero-order valence-electron chi connectivity index (χ0n) is 16.7. The summed E-state index contributed by atoms with van der Waals surface area (Å²) >= 11 is 2.43. The van der Waals surface area contributed by atoms with Gasteiger partial charge in [-0.2, -0.15) is 11.3 Å². The van der Waals surface area contributed by atoms with Crippen LogP contribution in [0.5, 0.6) is 0 Å². The van der Waals surface area contributed by atoms with E-state index < -0.39 is 51.6 Å². The van der Waals surface area contributed by atoms with E-state index in [1.54, 1.807) is 24.6 Å². The minimum absolute atomic E-state index is 0. The van der Waals surface area contributed by atoms with E-state index in [0.29, 0.717) is 5.56 Å². The molecule has 4 atom stereocenters. The van der Waals surface area contributed by atoms with Gasteiger partial charge in [-0.3, -0.25) is 14.4 Å². The molecule has 2 amide bonds. The summed E-state index contributed by atoms with van der Waals surface area (Å²) in [7, 11) is 1.22. The van der Waals surface area contributed by atoms with Gasteiger partial charge in [-0.1, -0.05) is 0 Å². The van der Waals surface area contributed by atoms with E-state index in [-0.39, 0.29) is 59.1 Å². The largest absolute Gasteiger partial charge is 0.480 e. The Hall–Kier alpha value is -0.110. The summed E-state index contributed by atoms with van der Waals surface area (Å²) in [6.45, 7) is 3.38. The molecule has 3 heterocycles. The fourth-order valence-corrected chi connectivity index (χ4v) is 5.84. The summed E-state index contributed by atoms with van der Waals surface area (Å²) < 4.78 is 4.50. The van der Waals surface area contributed by atoms with Gasteiger partial charge in [-0.25, -0.2) is 4.79 Å². The number of hydrogen-bond donors (Lipinski definition) is 3. The smallest absolute Gasteiger partial charge is 0.327 e. The Morgan fingerprint density at radius 1 is 1.28 bits per heavy atom. The number of carbonyl (C=O) groups excluding carboxylic acids is 2. The monoisotopic (exact) mass is 460 g/mol. The van der Waals surface area contributed by atoms with Crippen molar-refractivity contribution in [2.24, 2.45) is 0 Å². The Kier molecular flexibility index (Phi) is 8.89. The van der Waals surface area contributed by atoms with E-state index >= 15 is 0 Å². The number of nitrogens with zero attached hydrogens (tertiary/aromatic N) is 1. The number of aliphatic carboxylic acids is 2. The molecule has 0 aliphatic carbocycles. The Morgan fingerprint density at radius 2 is 1.90 bits per heavy atom. The van der Waals surface area contributed by atoms with Crippen molar-refractivity contribution >= 4 is 106 Å². The molecule has 1 aromatic heterocycles. The van der Waals surface area contributed by atoms with E-state index in [1.807, 2.05) is 0 Å². The van der Waals surface area contributed by atoms with Crippen molar-refractivity contribution in [3.63, 3.8) is 0 Å². The zero-order chi connectivity index (χ0) is 20.1. The molecule has 1 aromatic rings. The van der Waals surface area contributed by atoms with Gasteiger partial charge in [0.2, 0.25) is 5.91 Å². The van der Waals surface area contributed by atoms with Crippen molar-refractivity contribution in [1.29, 1.82) is 0 Å². The maximum atomic E-state index is 12.8. The third kappa shape index (κ3) is 4.31. The van der Waals surface area contributed by atoms with Gasteiger partial charge < -0.3 is 25.2 Å². The van der Waals surface area contributed by atoms with Crippen LogP contribution in [0.15, 0.2) is 16.8 Å². The van der Waals surface area contributed by atoms with E-state index in [4.69, 9.17) is 4.74 Å². The summed E-state index contributed by atoms with van der Waals surface area (Å²) in [5.41, 5.74) is -1.50. The quantitative estimate of drug-likeness (QED) is 0.229. The second kappa shape index (κ2) is 9.58. The average Bonchev–Trinajstić information content (AvgIpc) is 3.16. The van der Waals surface area contributed by atoms with Gasteiger partial charge in [0.1, 0.15) is 11.4 Å². The van der Waals surface area contributed by atoms with Gasteiger partial charge in [-0.15, -0.1) is 11.8 Å². The van der Waals surface area contributed by atoms with Crippen molar-refractivity contribution in [3.05, 3.63) is 22.4 Å². The molecule has 2 aliphatic heterocycles. The number of hydrogen-bond acceptors (Lipinski definition) is 7. The van der Waals surface area contributed by atoms with Crippen LogP contribution in [0.25, 0.3) is 0 Å². The molecular formula is C16H18N2Na2O7S2. The topological polar surface area (TPSA) is 133 Å². The number of methoxy groups -OCH3 is 1. The van der Waals surface area contributed by atoms with E-state index in [1.165, 1.54) is 36.3 Å². The van der Waals surface area contributed by atoms with E-state index in [0.717, 1.165) is 4.90 Å². The number of amides is 2. The molecule has 3 N–H and O–H groups in total. The molecular weight excluding hydrogens is 442 g/mol. The van der Waals surface area contributed by atoms with Crippen molar-refractivity contribution in [2.45, 2.75) is 41.7 Å². The number of carboxylic acids is 2. The minimum Gasteiger partial charge on any atom is -0.480 e. The van der Waals surface area contributed by atoms with E-state index in [9.17, 15) is 29.4 Å². The number of fused-ring (bicyclic) bond motifs is 1. The molecule has 0 bridgehead atoms. The van der Waals surface area contributed by atoms with Crippen LogP contribution >= 0.6 is 23.1 Å². The van der Waals surface area contributed by atoms with Crippen LogP contribution in [0.4, 0.5) is 0 Å². The fourth-order valence-electron chi connectivity index (χ4n) is 3.48. The molecule has 2 unspecified atom stereocenters. The van der Waals surface area contributed by atoms with Crippen LogP contribution in [0.3, 0.4) is 0 Å². The summed E-state index contributed by atoms with van der Waals surface area (Å²) in [5.74, 6) is -5.61. The maximum absolute atomic E-state index is 12.8. The number of thioether (sulfide) groups is 1. The van der Waals surface area contributed by atoms with Crippen molar-refractivity contribution < 1.29 is 34.1 Å². The molecule has 3 rings (SSSR count). The molecule has 2 fully saturated rings. The molecule has 0 aromatic carbocycles. The summed E-state index contributed by atoms with van der Waals surface area (Å²) in [4.78, 5) is 49.9. The van der Waals surface area contributed by atoms with Crippen LogP contribution in [-0.2, 0) is 23.9 Å². The number of carboxylic acid groups (broad SMARTS) is 2. The second-order valence-electron chi connectivity index (χ2n) is 6.78. The predicted molar refractivity (Wildman–Crippen MR) is 108 cm³/mol. The molecule has 2 aliphatic rings. The first-order valence-electron chi connectivity index (χ1n) is 7.92. The van der Waals surface area contributed by atoms with Gasteiger partial charge in [0.05, 0.1) is 0 Å². The Labute approximate surface area is 219 Å². The zero-order valence-corrected chi connectivity index (χ0v) is 22.3. The molecule has 13 heteroatoms. The molecule has 148 valence electrons. The number of rotatable bonds is 6. The molecule has 9 nitrogen and oxygen atoms in total. The van der Waals surface area contributed by atoms with Crippen molar-refractivity contribution in [3.8, 4) is 0 Å². The SMILES string of the molecule is COC1(NC(=O)C(C(=O)O)c2ccsc2)C(=O)N2[C@@H](C(=O)O)C(C)(C)S[C@@H]21.[Na].[Na]. The van der Waals surface area contributed by atoms with E-state index in [2.05, 4.69) is 5.32 Å². The number of nitrogens with one attached hydrogen (secondary N) is 1. The number of ether oxygens (including phenoxy) is 1. The third-order valence-corrected chi connectivity index (χ3v) is 7.07. The maximum Gasteiger partial charge on any atom is 0.327 e. The molecule has 29 heavy (non-hydrogen) atoms. The van der Waals surface area contributed by atoms with Gasteiger partial charge in [0, 0.05) is 71.0 Å². The van der Waals surface area contributed by atoms with Gasteiger partial charge in [0.25, 0.3) is 11.6 Å². The Balaban J connectivity index is 0.00000210. The number of β-lactam (4-membered cyclic amide) rings is 1. The predicted octanol–water partition coefficient (Wildman–Crippen LogP) is -0.239. The summed E-state index contributed by atoms with van der Waals surface area (Å²) in [6, 6.07) is 0.443. The number of carbonyl (C=O) groups is 4. The van der Waals surface area contributed by atoms with Crippen LogP contribution in [-0.4, -0.2) is 127 Å². The first-order valence-corrected chi connectivity index (χ1v) is 9.74. The van der Waals surface area contributed by atoms with Crippen LogP contribution in [0, 0.1) is 0 Å². The van der Waals surface area contributed by atoms with Crippen molar-refractivity contribution in [2.75, 3.05) is 7.11 Å². The van der Waals surface area contributed by atoms with Gasteiger partial charge in [-0.05, 0) is 36.2 Å². The average molecular weight is 460 g/mol. The summed E-state index contributed by atoms with van der Waals surface area (Å²) in [5, 5.41) is 23.8. The fraction of sp³-hybridized carbons (Fsp3) is 0.500. The van der Waals surface area contributed by atoms with Crippen LogP contribution < -0.4 is 5.32 Å². The Bertz CT molecular complexity index is 820. The number of thiophene rings is 1. The second-order valence-corrected chi connectivity index (χ2v) is 9.30. The van der Waals surface area contributed by atoms with Crippen LogP contribution in [0.1, 0.15) is 25.3 Å². The molecule has 0 saturated carbocycles. The molecule has 2 saturated heterocycles. The Morgan fingerprint density at radius 3 is 2.34 bits per heavy atom. The van der Waals surface area contributed by atoms with Crippen LogP contribution in [0.2, 0.25) is 0 Å². The molecule has 2 radical (unpaired) electrons. The summed E-state index contributed by atoms with van der Waals surface area (Å²) in [6.07, 6.45) is 0. The van der Waals surface area contributed by atoms with Crippen molar-refractivity contribution in [1.82, 2.24) is 10.2 Å². The van der Waals surface area contributed by atoms with Gasteiger partial charge in [0.15, 0.2) is 5.92 Å². The standard InChI is InChI=1S/C16H18N2O7S2.2Na/c1-15(2)9(12(22)23)18-13(24)16(25-3,14(18)27-15)17-10(19)8(11(20)21)7-4-5-26-6-7;;/h4-6,8-9,14H,1-3H3,(H,17,19)(H,20,21)(H,22,23);;/t8?,9-,14+,16?;;/m0../s1.